The Morgan fingerprint density at radius 3 is 3.14 bits per heavy atom. The standard InChI is InChI=1S/C10H11NO3/c1-14-10(12)6-2-4-9-5-3-7-11(13)8-9/h2-5,7-8H,6H2,1H3. The summed E-state index contributed by atoms with van der Waals surface area (Å²) in [5, 5.41) is 10.8. The van der Waals surface area contributed by atoms with E-state index >= 15 is 0 Å². The Morgan fingerprint density at radius 2 is 2.50 bits per heavy atom. The number of esters is 1. The molecule has 0 aliphatic heterocycles. The van der Waals surface area contributed by atoms with Gasteiger partial charge in [-0.05, 0) is 6.07 Å². The van der Waals surface area contributed by atoms with Crippen LogP contribution in [0.15, 0.2) is 30.6 Å². The second-order valence-electron chi connectivity index (χ2n) is 2.68. The van der Waals surface area contributed by atoms with Gasteiger partial charge in [0.25, 0.3) is 0 Å². The van der Waals surface area contributed by atoms with Crippen LogP contribution in [0.5, 0.6) is 0 Å². The van der Waals surface area contributed by atoms with Crippen molar-refractivity contribution in [3.63, 3.8) is 0 Å². The summed E-state index contributed by atoms with van der Waals surface area (Å²) in [5.41, 5.74) is 0.756. The molecular weight excluding hydrogens is 182 g/mol. The molecule has 0 aliphatic carbocycles. The van der Waals surface area contributed by atoms with Crippen molar-refractivity contribution in [3.8, 4) is 0 Å². The number of carbonyl (C=O) groups is 1. The molecule has 0 N–H and O–H groups in total. The summed E-state index contributed by atoms with van der Waals surface area (Å²) < 4.78 is 5.16. The smallest absolute Gasteiger partial charge is 0.309 e. The van der Waals surface area contributed by atoms with E-state index in [0.717, 1.165) is 5.56 Å². The summed E-state index contributed by atoms with van der Waals surface area (Å²) >= 11 is 0. The van der Waals surface area contributed by atoms with Crippen molar-refractivity contribution in [1.29, 1.82) is 0 Å². The molecule has 4 heteroatoms. The van der Waals surface area contributed by atoms with Gasteiger partial charge in [-0.15, -0.1) is 0 Å². The third-order valence-electron chi connectivity index (χ3n) is 1.62. The Labute approximate surface area is 82.0 Å². The molecule has 0 fully saturated rings. The van der Waals surface area contributed by atoms with E-state index in [4.69, 9.17) is 0 Å². The van der Waals surface area contributed by atoms with Crippen molar-refractivity contribution in [1.82, 2.24) is 0 Å². The molecule has 0 spiro atoms. The third kappa shape index (κ3) is 3.26. The molecule has 0 unspecified atom stereocenters. The van der Waals surface area contributed by atoms with Gasteiger partial charge >= 0.3 is 5.97 Å². The lowest BCUT2D eigenvalue weighted by Gasteiger charge is -1.95. The zero-order valence-corrected chi connectivity index (χ0v) is 7.84. The SMILES string of the molecule is COC(=O)CC=Cc1ccc[n+]([O-])c1. The molecule has 0 aliphatic rings. The summed E-state index contributed by atoms with van der Waals surface area (Å²) in [6.07, 6.45) is 6.39. The predicted octanol–water partition coefficient (Wildman–Crippen LogP) is 0.896. The summed E-state index contributed by atoms with van der Waals surface area (Å²) in [5.74, 6) is -0.299. The van der Waals surface area contributed by atoms with Crippen molar-refractivity contribution in [2.75, 3.05) is 7.11 Å². The fraction of sp³-hybridized carbons (Fsp3) is 0.200. The first kappa shape index (κ1) is 10.2. The molecule has 74 valence electrons. The van der Waals surface area contributed by atoms with Gasteiger partial charge < -0.3 is 9.94 Å². The first-order chi connectivity index (χ1) is 6.72. The van der Waals surface area contributed by atoms with E-state index in [2.05, 4.69) is 4.74 Å². The lowest BCUT2D eigenvalue weighted by atomic mass is 10.2. The molecule has 4 nitrogen and oxygen atoms in total. The van der Waals surface area contributed by atoms with Gasteiger partial charge in [-0.3, -0.25) is 4.79 Å². The van der Waals surface area contributed by atoms with Gasteiger partial charge in [0.2, 0.25) is 0 Å². The van der Waals surface area contributed by atoms with Crippen molar-refractivity contribution in [2.45, 2.75) is 6.42 Å². The van der Waals surface area contributed by atoms with Gasteiger partial charge in [-0.2, -0.15) is 4.73 Å². The molecule has 0 saturated heterocycles. The number of nitrogens with zero attached hydrogens (tertiary/aromatic N) is 1. The van der Waals surface area contributed by atoms with Crippen LogP contribution in [-0.4, -0.2) is 13.1 Å². The normalized spacial score (nSPS) is 10.4. The van der Waals surface area contributed by atoms with Crippen molar-refractivity contribution >= 4 is 12.0 Å². The minimum atomic E-state index is -0.299. The monoisotopic (exact) mass is 193 g/mol. The van der Waals surface area contributed by atoms with Crippen LogP contribution in [0.3, 0.4) is 0 Å². The van der Waals surface area contributed by atoms with Gasteiger partial charge in [-0.25, -0.2) is 0 Å². The fourth-order valence-corrected chi connectivity index (χ4v) is 0.945. The molecule has 14 heavy (non-hydrogen) atoms. The van der Waals surface area contributed by atoms with Crippen molar-refractivity contribution < 1.29 is 14.3 Å². The minimum absolute atomic E-state index is 0.213. The van der Waals surface area contributed by atoms with Crippen molar-refractivity contribution in [2.24, 2.45) is 0 Å². The number of methoxy groups -OCH3 is 1. The third-order valence-corrected chi connectivity index (χ3v) is 1.62. The number of ether oxygens (including phenoxy) is 1. The van der Waals surface area contributed by atoms with Crippen LogP contribution in [0.4, 0.5) is 0 Å². The van der Waals surface area contributed by atoms with Crippen molar-refractivity contribution in [3.05, 3.63) is 41.4 Å². The van der Waals surface area contributed by atoms with Crippen LogP contribution in [0, 0.1) is 5.21 Å². The molecular formula is C10H11NO3. The highest BCUT2D eigenvalue weighted by molar-refractivity contribution is 5.72. The van der Waals surface area contributed by atoms with Crippen LogP contribution >= 0.6 is 0 Å². The summed E-state index contributed by atoms with van der Waals surface area (Å²) in [6, 6.07) is 3.42. The Morgan fingerprint density at radius 1 is 1.71 bits per heavy atom. The van der Waals surface area contributed by atoms with E-state index in [1.165, 1.54) is 19.5 Å². The highest BCUT2D eigenvalue weighted by atomic mass is 16.5. The highest BCUT2D eigenvalue weighted by Gasteiger charge is 1.95. The van der Waals surface area contributed by atoms with Gasteiger partial charge in [-0.1, -0.05) is 12.2 Å². The van der Waals surface area contributed by atoms with E-state index in [0.29, 0.717) is 4.73 Å². The maximum Gasteiger partial charge on any atom is 0.309 e. The van der Waals surface area contributed by atoms with Crippen LogP contribution in [0.2, 0.25) is 0 Å². The Kier molecular flexibility index (Phi) is 3.67. The predicted molar refractivity (Wildman–Crippen MR) is 51.1 cm³/mol. The van der Waals surface area contributed by atoms with Crippen LogP contribution in [0.25, 0.3) is 6.08 Å². The first-order valence-corrected chi connectivity index (χ1v) is 4.14. The zero-order chi connectivity index (χ0) is 10.4. The van der Waals surface area contributed by atoms with E-state index in [9.17, 15) is 10.0 Å². The average molecular weight is 193 g/mol. The lowest BCUT2D eigenvalue weighted by molar-refractivity contribution is -0.605. The molecule has 1 heterocycles. The fourth-order valence-electron chi connectivity index (χ4n) is 0.945. The molecule has 0 amide bonds. The zero-order valence-electron chi connectivity index (χ0n) is 7.84. The molecule has 0 saturated carbocycles. The molecule has 0 atom stereocenters. The largest absolute Gasteiger partial charge is 0.619 e. The average Bonchev–Trinajstić information content (AvgIpc) is 2.17. The number of aromatic nitrogens is 1. The molecule has 1 aromatic heterocycles. The maximum absolute atomic E-state index is 10.8. The highest BCUT2D eigenvalue weighted by Crippen LogP contribution is 1.99. The quantitative estimate of drug-likeness (QED) is 0.407. The molecule has 0 radical (unpaired) electrons. The lowest BCUT2D eigenvalue weighted by Crippen LogP contribution is -2.24. The Balaban J connectivity index is 2.56. The number of carbonyl (C=O) groups excluding carboxylic acids is 1. The number of hydrogen-bond donors (Lipinski definition) is 0. The second kappa shape index (κ2) is 5.01. The Bertz CT molecular complexity index is 347. The number of hydrogen-bond acceptors (Lipinski definition) is 3. The molecule has 0 aromatic carbocycles. The number of pyridine rings is 1. The minimum Gasteiger partial charge on any atom is -0.619 e. The molecule has 1 rings (SSSR count). The van der Waals surface area contributed by atoms with E-state index < -0.39 is 0 Å². The molecule has 0 bridgehead atoms. The van der Waals surface area contributed by atoms with Gasteiger partial charge in [0.05, 0.1) is 13.5 Å². The van der Waals surface area contributed by atoms with E-state index in [1.807, 2.05) is 0 Å². The van der Waals surface area contributed by atoms with E-state index in [-0.39, 0.29) is 12.4 Å². The van der Waals surface area contributed by atoms with Gasteiger partial charge in [0, 0.05) is 11.6 Å². The van der Waals surface area contributed by atoms with Crippen LogP contribution in [-0.2, 0) is 9.53 Å². The summed E-state index contributed by atoms with van der Waals surface area (Å²) in [7, 11) is 1.34. The van der Waals surface area contributed by atoms with Crippen LogP contribution < -0.4 is 4.73 Å². The van der Waals surface area contributed by atoms with E-state index in [1.54, 1.807) is 24.3 Å². The topological polar surface area (TPSA) is 53.2 Å². The number of rotatable bonds is 3. The van der Waals surface area contributed by atoms with Gasteiger partial charge in [0.15, 0.2) is 12.4 Å². The van der Waals surface area contributed by atoms with Gasteiger partial charge in [0.1, 0.15) is 0 Å². The second-order valence-corrected chi connectivity index (χ2v) is 2.68. The summed E-state index contributed by atoms with van der Waals surface area (Å²) in [4.78, 5) is 10.7. The summed E-state index contributed by atoms with van der Waals surface area (Å²) in [6.45, 7) is 0. The molecule has 1 aromatic rings. The Hall–Kier alpha value is -1.84. The first-order valence-electron chi connectivity index (χ1n) is 4.14. The maximum atomic E-state index is 10.8. The van der Waals surface area contributed by atoms with Crippen LogP contribution in [0.1, 0.15) is 12.0 Å².